The predicted octanol–water partition coefficient (Wildman–Crippen LogP) is 5.24. The van der Waals surface area contributed by atoms with Gasteiger partial charge in [0.15, 0.2) is 0 Å². The van der Waals surface area contributed by atoms with Gasteiger partial charge in [-0.25, -0.2) is 0 Å². The molecule has 0 bridgehead atoms. The van der Waals surface area contributed by atoms with Crippen LogP contribution < -0.4 is 0 Å². The number of aliphatic hydroxyl groups excluding tert-OH is 1. The van der Waals surface area contributed by atoms with Crippen molar-refractivity contribution in [3.05, 3.63) is 68.8 Å². The number of benzene rings is 2. The number of fused-ring (bicyclic) bond motifs is 1. The fraction of sp³-hybridized carbons (Fsp3) is 0.125. The first-order valence-corrected chi connectivity index (χ1v) is 7.35. The third-order valence-electron chi connectivity index (χ3n) is 3.29. The molecular weight excluding hydrogens is 340 g/mol. The highest BCUT2D eigenvalue weighted by atomic mass is 79.9. The highest BCUT2D eigenvalue weighted by molar-refractivity contribution is 9.10. The third-order valence-corrected chi connectivity index (χ3v) is 4.50. The molecule has 1 unspecified atom stereocenters. The summed E-state index contributed by atoms with van der Waals surface area (Å²) in [5.74, 6) is 0.531. The molecule has 20 heavy (non-hydrogen) atoms. The van der Waals surface area contributed by atoms with Crippen LogP contribution in [0, 0.1) is 6.92 Å². The number of hydrogen-bond donors (Lipinski definition) is 1. The van der Waals surface area contributed by atoms with Crippen molar-refractivity contribution < 1.29 is 9.52 Å². The summed E-state index contributed by atoms with van der Waals surface area (Å²) in [5.41, 5.74) is 2.60. The Hall–Kier alpha value is -1.29. The van der Waals surface area contributed by atoms with Crippen LogP contribution in [-0.4, -0.2) is 5.11 Å². The van der Waals surface area contributed by atoms with E-state index in [9.17, 15) is 5.11 Å². The molecule has 1 aromatic heterocycles. The lowest BCUT2D eigenvalue weighted by atomic mass is 10.1. The molecule has 2 aromatic carbocycles. The summed E-state index contributed by atoms with van der Waals surface area (Å²) in [6.07, 6.45) is -0.810. The molecule has 0 amide bonds. The topological polar surface area (TPSA) is 33.4 Å². The largest absolute Gasteiger partial charge is 0.458 e. The Balaban J connectivity index is 2.05. The molecule has 0 saturated heterocycles. The van der Waals surface area contributed by atoms with Crippen LogP contribution in [0.4, 0.5) is 0 Å². The zero-order chi connectivity index (χ0) is 14.3. The highest BCUT2D eigenvalue weighted by Gasteiger charge is 2.17. The highest BCUT2D eigenvalue weighted by Crippen LogP contribution is 2.32. The van der Waals surface area contributed by atoms with Gasteiger partial charge in [0.05, 0.1) is 5.02 Å². The van der Waals surface area contributed by atoms with Crippen LogP contribution in [-0.2, 0) is 0 Å². The average Bonchev–Trinajstić information content (AvgIpc) is 2.86. The van der Waals surface area contributed by atoms with Gasteiger partial charge in [-0.05, 0) is 52.2 Å². The molecule has 0 radical (unpaired) electrons. The van der Waals surface area contributed by atoms with Gasteiger partial charge < -0.3 is 9.52 Å². The van der Waals surface area contributed by atoms with E-state index in [1.165, 1.54) is 0 Å². The molecule has 3 aromatic rings. The van der Waals surface area contributed by atoms with Crippen LogP contribution in [0.25, 0.3) is 11.0 Å². The van der Waals surface area contributed by atoms with Crippen LogP contribution >= 0.6 is 27.5 Å². The van der Waals surface area contributed by atoms with Crippen LogP contribution in [0.1, 0.15) is 23.0 Å². The minimum atomic E-state index is -0.810. The summed E-state index contributed by atoms with van der Waals surface area (Å²) in [6.45, 7) is 1.99. The first-order chi connectivity index (χ1) is 9.56. The SMILES string of the molecule is Cc1cccc2cc(C(O)c3ccc(Cl)c(Br)c3)oc12. The van der Waals surface area contributed by atoms with Crippen molar-refractivity contribution in [2.75, 3.05) is 0 Å². The van der Waals surface area contributed by atoms with Crippen LogP contribution in [0.5, 0.6) is 0 Å². The van der Waals surface area contributed by atoms with Crippen molar-refractivity contribution in [3.8, 4) is 0 Å². The maximum atomic E-state index is 10.4. The smallest absolute Gasteiger partial charge is 0.138 e. The molecule has 0 aliphatic carbocycles. The molecular formula is C16H12BrClO2. The van der Waals surface area contributed by atoms with Gasteiger partial charge >= 0.3 is 0 Å². The van der Waals surface area contributed by atoms with E-state index in [0.717, 1.165) is 26.6 Å². The van der Waals surface area contributed by atoms with Gasteiger partial charge in [0.25, 0.3) is 0 Å². The number of aryl methyl sites for hydroxylation is 1. The number of halogens is 2. The standard InChI is InChI=1S/C16H12BrClO2/c1-9-3-2-4-11-8-14(20-16(9)11)15(19)10-5-6-13(18)12(17)7-10/h2-8,15,19H,1H3. The minimum Gasteiger partial charge on any atom is -0.458 e. The third kappa shape index (κ3) is 2.37. The van der Waals surface area contributed by atoms with E-state index in [2.05, 4.69) is 15.9 Å². The maximum absolute atomic E-state index is 10.4. The first kappa shape index (κ1) is 13.7. The number of aliphatic hydroxyl groups is 1. The van der Waals surface area contributed by atoms with Crippen molar-refractivity contribution in [3.63, 3.8) is 0 Å². The summed E-state index contributed by atoms with van der Waals surface area (Å²) in [7, 11) is 0. The summed E-state index contributed by atoms with van der Waals surface area (Å²) >= 11 is 9.32. The number of hydrogen-bond acceptors (Lipinski definition) is 2. The molecule has 0 saturated carbocycles. The molecule has 102 valence electrons. The fourth-order valence-corrected chi connectivity index (χ4v) is 2.72. The Morgan fingerprint density at radius 2 is 2.00 bits per heavy atom. The summed E-state index contributed by atoms with van der Waals surface area (Å²) in [5, 5.41) is 12.0. The molecule has 1 N–H and O–H groups in total. The Labute approximate surface area is 130 Å². The lowest BCUT2D eigenvalue weighted by Gasteiger charge is -2.09. The Morgan fingerprint density at radius 1 is 1.20 bits per heavy atom. The lowest BCUT2D eigenvalue weighted by molar-refractivity contribution is 0.192. The molecule has 3 rings (SSSR count). The van der Waals surface area contributed by atoms with Gasteiger partial charge in [0.1, 0.15) is 17.4 Å². The summed E-state index contributed by atoms with van der Waals surface area (Å²) in [6, 6.07) is 13.1. The van der Waals surface area contributed by atoms with Crippen molar-refractivity contribution in [1.29, 1.82) is 0 Å². The minimum absolute atomic E-state index is 0.531. The Kier molecular flexibility index (Phi) is 3.59. The van der Waals surface area contributed by atoms with Gasteiger partial charge in [-0.15, -0.1) is 0 Å². The first-order valence-electron chi connectivity index (χ1n) is 6.18. The van der Waals surface area contributed by atoms with Crippen molar-refractivity contribution in [2.45, 2.75) is 13.0 Å². The number of para-hydroxylation sites is 1. The van der Waals surface area contributed by atoms with E-state index in [-0.39, 0.29) is 0 Å². The maximum Gasteiger partial charge on any atom is 0.138 e. The van der Waals surface area contributed by atoms with Crippen molar-refractivity contribution in [1.82, 2.24) is 0 Å². The van der Waals surface area contributed by atoms with Gasteiger partial charge in [0, 0.05) is 9.86 Å². The molecule has 0 aliphatic rings. The normalized spacial score (nSPS) is 12.8. The number of rotatable bonds is 2. The molecule has 4 heteroatoms. The van der Waals surface area contributed by atoms with E-state index >= 15 is 0 Å². The quantitative estimate of drug-likeness (QED) is 0.685. The van der Waals surface area contributed by atoms with Crippen molar-refractivity contribution in [2.24, 2.45) is 0 Å². The van der Waals surface area contributed by atoms with Gasteiger partial charge in [-0.2, -0.15) is 0 Å². The van der Waals surface area contributed by atoms with Gasteiger partial charge in [0.2, 0.25) is 0 Å². The predicted molar refractivity (Wildman–Crippen MR) is 84.2 cm³/mol. The second kappa shape index (κ2) is 5.24. The molecule has 0 spiro atoms. The van der Waals surface area contributed by atoms with E-state index in [1.807, 2.05) is 31.2 Å². The second-order valence-electron chi connectivity index (χ2n) is 4.72. The van der Waals surface area contributed by atoms with Crippen molar-refractivity contribution >= 4 is 38.5 Å². The molecule has 2 nitrogen and oxygen atoms in total. The molecule has 0 fully saturated rings. The van der Waals surface area contributed by atoms with Crippen LogP contribution in [0.15, 0.2) is 51.4 Å². The molecule has 1 atom stereocenters. The zero-order valence-corrected chi connectivity index (χ0v) is 13.1. The lowest BCUT2D eigenvalue weighted by Crippen LogP contribution is -1.97. The van der Waals surface area contributed by atoms with E-state index in [0.29, 0.717) is 10.8 Å². The Bertz CT molecular complexity index is 779. The fourth-order valence-electron chi connectivity index (χ4n) is 2.21. The van der Waals surface area contributed by atoms with E-state index < -0.39 is 6.10 Å². The van der Waals surface area contributed by atoms with Crippen LogP contribution in [0.2, 0.25) is 5.02 Å². The van der Waals surface area contributed by atoms with E-state index in [1.54, 1.807) is 18.2 Å². The summed E-state index contributed by atoms with van der Waals surface area (Å²) < 4.78 is 6.54. The van der Waals surface area contributed by atoms with Crippen LogP contribution in [0.3, 0.4) is 0 Å². The van der Waals surface area contributed by atoms with E-state index in [4.69, 9.17) is 16.0 Å². The number of furan rings is 1. The van der Waals surface area contributed by atoms with Gasteiger partial charge in [-0.3, -0.25) is 0 Å². The second-order valence-corrected chi connectivity index (χ2v) is 5.98. The summed E-state index contributed by atoms with van der Waals surface area (Å²) in [4.78, 5) is 0. The zero-order valence-electron chi connectivity index (χ0n) is 10.7. The van der Waals surface area contributed by atoms with Gasteiger partial charge in [-0.1, -0.05) is 35.9 Å². The molecule has 0 aliphatic heterocycles. The Morgan fingerprint density at radius 3 is 2.70 bits per heavy atom. The monoisotopic (exact) mass is 350 g/mol. The molecule has 1 heterocycles. The average molecular weight is 352 g/mol.